The van der Waals surface area contributed by atoms with Gasteiger partial charge in [-0.1, -0.05) is 6.07 Å². The standard InChI is InChI=1S/C14H16N2O/c1-10-2-3-13(16)8-11(10)9-17-14-6-4-12(15)5-7-14/h2-8H,9,15-16H2,1H3. The summed E-state index contributed by atoms with van der Waals surface area (Å²) in [6, 6.07) is 13.2. The van der Waals surface area contributed by atoms with E-state index in [2.05, 4.69) is 0 Å². The van der Waals surface area contributed by atoms with Crippen LogP contribution in [0.4, 0.5) is 11.4 Å². The number of ether oxygens (including phenoxy) is 1. The van der Waals surface area contributed by atoms with Crippen molar-refractivity contribution in [3.8, 4) is 5.75 Å². The minimum Gasteiger partial charge on any atom is -0.489 e. The van der Waals surface area contributed by atoms with Crippen LogP contribution in [0.2, 0.25) is 0 Å². The molecule has 2 aromatic carbocycles. The van der Waals surface area contributed by atoms with Crippen LogP contribution in [-0.2, 0) is 6.61 Å². The minimum atomic E-state index is 0.515. The van der Waals surface area contributed by atoms with Crippen LogP contribution in [0.5, 0.6) is 5.75 Å². The maximum absolute atomic E-state index is 5.74. The summed E-state index contributed by atoms with van der Waals surface area (Å²) >= 11 is 0. The summed E-state index contributed by atoms with van der Waals surface area (Å²) in [5, 5.41) is 0. The summed E-state index contributed by atoms with van der Waals surface area (Å²) in [7, 11) is 0. The van der Waals surface area contributed by atoms with Gasteiger partial charge in [-0.2, -0.15) is 0 Å². The van der Waals surface area contributed by atoms with Crippen molar-refractivity contribution in [3.63, 3.8) is 0 Å². The van der Waals surface area contributed by atoms with Crippen LogP contribution in [0.1, 0.15) is 11.1 Å². The summed E-state index contributed by atoms with van der Waals surface area (Å²) in [5.41, 5.74) is 15.1. The van der Waals surface area contributed by atoms with Gasteiger partial charge in [-0.15, -0.1) is 0 Å². The van der Waals surface area contributed by atoms with Crippen LogP contribution in [0.25, 0.3) is 0 Å². The first-order valence-electron chi connectivity index (χ1n) is 5.48. The first kappa shape index (κ1) is 11.3. The molecule has 0 aliphatic heterocycles. The zero-order chi connectivity index (χ0) is 12.3. The van der Waals surface area contributed by atoms with Gasteiger partial charge in [0.1, 0.15) is 12.4 Å². The Morgan fingerprint density at radius 3 is 2.29 bits per heavy atom. The van der Waals surface area contributed by atoms with Gasteiger partial charge >= 0.3 is 0 Å². The van der Waals surface area contributed by atoms with Crippen molar-refractivity contribution in [2.75, 3.05) is 11.5 Å². The van der Waals surface area contributed by atoms with E-state index in [1.807, 2.05) is 49.4 Å². The summed E-state index contributed by atoms with van der Waals surface area (Å²) in [5.74, 6) is 0.807. The summed E-state index contributed by atoms with van der Waals surface area (Å²) in [4.78, 5) is 0. The third-order valence-electron chi connectivity index (χ3n) is 2.65. The Kier molecular flexibility index (Phi) is 3.19. The molecule has 17 heavy (non-hydrogen) atoms. The Morgan fingerprint density at radius 2 is 1.59 bits per heavy atom. The van der Waals surface area contributed by atoms with Crippen LogP contribution >= 0.6 is 0 Å². The number of hydrogen-bond acceptors (Lipinski definition) is 3. The minimum absolute atomic E-state index is 0.515. The molecule has 0 saturated heterocycles. The summed E-state index contributed by atoms with van der Waals surface area (Å²) in [6.45, 7) is 2.56. The number of aryl methyl sites for hydroxylation is 1. The van der Waals surface area contributed by atoms with Crippen molar-refractivity contribution in [2.45, 2.75) is 13.5 Å². The topological polar surface area (TPSA) is 61.3 Å². The van der Waals surface area contributed by atoms with Crippen molar-refractivity contribution in [1.82, 2.24) is 0 Å². The number of nitrogen functional groups attached to an aromatic ring is 2. The number of benzene rings is 2. The Hall–Kier alpha value is -2.16. The van der Waals surface area contributed by atoms with Crippen LogP contribution in [-0.4, -0.2) is 0 Å². The molecule has 0 heterocycles. The average molecular weight is 228 g/mol. The van der Waals surface area contributed by atoms with Crippen molar-refractivity contribution >= 4 is 11.4 Å². The van der Waals surface area contributed by atoms with Gasteiger partial charge in [0.05, 0.1) is 0 Å². The molecule has 0 fully saturated rings. The third kappa shape index (κ3) is 2.91. The molecule has 0 bridgehead atoms. The lowest BCUT2D eigenvalue weighted by Gasteiger charge is -2.09. The van der Waals surface area contributed by atoms with E-state index >= 15 is 0 Å². The van der Waals surface area contributed by atoms with Crippen molar-refractivity contribution < 1.29 is 4.74 Å². The van der Waals surface area contributed by atoms with Gasteiger partial charge in [-0.3, -0.25) is 0 Å². The summed E-state index contributed by atoms with van der Waals surface area (Å²) in [6.07, 6.45) is 0. The molecule has 3 nitrogen and oxygen atoms in total. The monoisotopic (exact) mass is 228 g/mol. The van der Waals surface area contributed by atoms with E-state index in [9.17, 15) is 0 Å². The van der Waals surface area contributed by atoms with Crippen LogP contribution in [0, 0.1) is 6.92 Å². The Balaban J connectivity index is 2.07. The molecule has 0 aromatic heterocycles. The maximum Gasteiger partial charge on any atom is 0.119 e. The smallest absolute Gasteiger partial charge is 0.119 e. The summed E-state index contributed by atoms with van der Waals surface area (Å²) < 4.78 is 5.67. The molecule has 0 amide bonds. The van der Waals surface area contributed by atoms with Crippen molar-refractivity contribution in [1.29, 1.82) is 0 Å². The van der Waals surface area contributed by atoms with Gasteiger partial charge in [0.15, 0.2) is 0 Å². The van der Waals surface area contributed by atoms with Gasteiger partial charge in [0.2, 0.25) is 0 Å². The number of rotatable bonds is 3. The lowest BCUT2D eigenvalue weighted by Crippen LogP contribution is -1.99. The van der Waals surface area contributed by atoms with Gasteiger partial charge < -0.3 is 16.2 Å². The average Bonchev–Trinajstić information content (AvgIpc) is 2.32. The molecule has 0 aliphatic rings. The number of nitrogens with two attached hydrogens (primary N) is 2. The molecule has 3 heteroatoms. The van der Waals surface area contributed by atoms with E-state index < -0.39 is 0 Å². The largest absolute Gasteiger partial charge is 0.489 e. The molecule has 0 spiro atoms. The second kappa shape index (κ2) is 4.78. The Bertz CT molecular complexity index is 506. The molecular formula is C14H16N2O. The normalized spacial score (nSPS) is 10.2. The fourth-order valence-corrected chi connectivity index (χ4v) is 1.57. The molecule has 0 atom stereocenters. The number of anilines is 2. The van der Waals surface area contributed by atoms with E-state index in [0.717, 1.165) is 22.7 Å². The van der Waals surface area contributed by atoms with E-state index in [1.54, 1.807) is 0 Å². The second-order valence-corrected chi connectivity index (χ2v) is 4.04. The third-order valence-corrected chi connectivity index (χ3v) is 2.65. The highest BCUT2D eigenvalue weighted by Crippen LogP contribution is 2.18. The zero-order valence-corrected chi connectivity index (χ0v) is 9.81. The fraction of sp³-hybridized carbons (Fsp3) is 0.143. The Morgan fingerprint density at radius 1 is 0.941 bits per heavy atom. The van der Waals surface area contributed by atoms with E-state index in [1.165, 1.54) is 5.56 Å². The van der Waals surface area contributed by atoms with Gasteiger partial charge in [-0.05, 0) is 54.4 Å². The van der Waals surface area contributed by atoms with Crippen LogP contribution < -0.4 is 16.2 Å². The molecule has 4 N–H and O–H groups in total. The van der Waals surface area contributed by atoms with E-state index in [0.29, 0.717) is 6.61 Å². The van der Waals surface area contributed by atoms with Crippen LogP contribution in [0.3, 0.4) is 0 Å². The molecule has 0 aliphatic carbocycles. The van der Waals surface area contributed by atoms with E-state index in [4.69, 9.17) is 16.2 Å². The van der Waals surface area contributed by atoms with Crippen molar-refractivity contribution in [2.24, 2.45) is 0 Å². The molecular weight excluding hydrogens is 212 g/mol. The highest BCUT2D eigenvalue weighted by atomic mass is 16.5. The molecule has 88 valence electrons. The first-order chi connectivity index (χ1) is 8.15. The molecule has 2 aromatic rings. The van der Waals surface area contributed by atoms with Crippen molar-refractivity contribution in [3.05, 3.63) is 53.6 Å². The second-order valence-electron chi connectivity index (χ2n) is 4.04. The SMILES string of the molecule is Cc1ccc(N)cc1COc1ccc(N)cc1. The highest BCUT2D eigenvalue weighted by Gasteiger charge is 2.00. The number of hydrogen-bond donors (Lipinski definition) is 2. The fourth-order valence-electron chi connectivity index (χ4n) is 1.57. The molecule has 0 saturated carbocycles. The maximum atomic E-state index is 5.74. The Labute approximate surface area is 101 Å². The first-order valence-corrected chi connectivity index (χ1v) is 5.48. The van der Waals surface area contributed by atoms with Gasteiger partial charge in [0, 0.05) is 11.4 Å². The van der Waals surface area contributed by atoms with Crippen LogP contribution in [0.15, 0.2) is 42.5 Å². The zero-order valence-electron chi connectivity index (χ0n) is 9.81. The predicted octanol–water partition coefficient (Wildman–Crippen LogP) is 2.74. The lowest BCUT2D eigenvalue weighted by atomic mass is 10.1. The quantitative estimate of drug-likeness (QED) is 0.794. The molecule has 0 radical (unpaired) electrons. The predicted molar refractivity (Wildman–Crippen MR) is 70.8 cm³/mol. The highest BCUT2D eigenvalue weighted by molar-refractivity contribution is 5.45. The lowest BCUT2D eigenvalue weighted by molar-refractivity contribution is 0.305. The van der Waals surface area contributed by atoms with Gasteiger partial charge in [-0.25, -0.2) is 0 Å². The molecule has 2 rings (SSSR count). The van der Waals surface area contributed by atoms with Gasteiger partial charge in [0.25, 0.3) is 0 Å². The van der Waals surface area contributed by atoms with E-state index in [-0.39, 0.29) is 0 Å². The molecule has 0 unspecified atom stereocenters.